The van der Waals surface area contributed by atoms with Crippen LogP contribution in [0, 0.1) is 11.8 Å². The molecule has 3 atom stereocenters. The average Bonchev–Trinajstić information content (AvgIpc) is 2.80. The van der Waals surface area contributed by atoms with E-state index in [1.807, 2.05) is 0 Å². The largest absolute Gasteiger partial charge is 0.304 e. The van der Waals surface area contributed by atoms with E-state index in [-0.39, 0.29) is 0 Å². The summed E-state index contributed by atoms with van der Waals surface area (Å²) in [5.74, 6) is 2.17. The first-order valence-corrected chi connectivity index (χ1v) is 6.25. The van der Waals surface area contributed by atoms with Crippen molar-refractivity contribution in [3.63, 3.8) is 0 Å². The van der Waals surface area contributed by atoms with Crippen LogP contribution in [-0.4, -0.2) is 49.1 Å². The fourth-order valence-electron chi connectivity index (χ4n) is 3.81. The van der Waals surface area contributed by atoms with Crippen LogP contribution in [0.2, 0.25) is 0 Å². The molecule has 2 heteroatoms. The van der Waals surface area contributed by atoms with E-state index in [0.717, 1.165) is 17.9 Å². The first kappa shape index (κ1) is 9.17. The molecule has 14 heavy (non-hydrogen) atoms. The van der Waals surface area contributed by atoms with Crippen molar-refractivity contribution in [2.75, 3.05) is 33.2 Å². The number of nitrogens with zero attached hydrogens (tertiary/aromatic N) is 2. The van der Waals surface area contributed by atoms with Gasteiger partial charge in [-0.15, -0.1) is 0 Å². The van der Waals surface area contributed by atoms with Crippen molar-refractivity contribution >= 4 is 0 Å². The number of likely N-dealkylation sites (N-methyl/N-ethyl adjacent to an activating group) is 1. The zero-order valence-corrected chi connectivity index (χ0v) is 9.28. The van der Waals surface area contributed by atoms with Gasteiger partial charge in [-0.1, -0.05) is 6.42 Å². The standard InChI is InChI=1S/C12H22N2/c1-13-4-6-14(7-5-13)12-9-10-2-3-11(12)8-10/h10-12H,2-9H2,1H3/t10-,11-,12+/m1/s1. The third-order valence-corrected chi connectivity index (χ3v) is 4.71. The molecule has 2 nitrogen and oxygen atoms in total. The molecule has 80 valence electrons. The molecule has 0 N–H and O–H groups in total. The van der Waals surface area contributed by atoms with Gasteiger partial charge in [-0.3, -0.25) is 4.90 Å². The molecule has 3 rings (SSSR count). The van der Waals surface area contributed by atoms with E-state index in [9.17, 15) is 0 Å². The summed E-state index contributed by atoms with van der Waals surface area (Å²) in [6.45, 7) is 5.22. The van der Waals surface area contributed by atoms with Gasteiger partial charge in [-0.2, -0.15) is 0 Å². The van der Waals surface area contributed by atoms with Crippen molar-refractivity contribution < 1.29 is 0 Å². The van der Waals surface area contributed by atoms with Crippen LogP contribution in [0.25, 0.3) is 0 Å². The lowest BCUT2D eigenvalue weighted by atomic mass is 9.93. The smallest absolute Gasteiger partial charge is 0.0127 e. The van der Waals surface area contributed by atoms with E-state index >= 15 is 0 Å². The molecule has 0 aromatic heterocycles. The summed E-state index contributed by atoms with van der Waals surface area (Å²) in [5, 5.41) is 0. The van der Waals surface area contributed by atoms with E-state index in [1.165, 1.54) is 45.4 Å². The minimum Gasteiger partial charge on any atom is -0.304 e. The molecule has 2 bridgehead atoms. The highest BCUT2D eigenvalue weighted by atomic mass is 15.3. The molecule has 0 aromatic rings. The van der Waals surface area contributed by atoms with Crippen molar-refractivity contribution in [2.45, 2.75) is 31.7 Å². The second-order valence-electron chi connectivity index (χ2n) is 5.58. The minimum atomic E-state index is 0.974. The maximum atomic E-state index is 2.78. The van der Waals surface area contributed by atoms with Crippen molar-refractivity contribution in [3.05, 3.63) is 0 Å². The normalized spacial score (nSPS) is 44.8. The summed E-state index contributed by atoms with van der Waals surface area (Å²) in [4.78, 5) is 5.24. The summed E-state index contributed by atoms with van der Waals surface area (Å²) in [6, 6.07) is 0.974. The molecule has 0 amide bonds. The van der Waals surface area contributed by atoms with Crippen LogP contribution >= 0.6 is 0 Å². The Morgan fingerprint density at radius 1 is 0.929 bits per heavy atom. The lowest BCUT2D eigenvalue weighted by Crippen LogP contribution is -2.50. The maximum absolute atomic E-state index is 2.78. The van der Waals surface area contributed by atoms with Crippen LogP contribution in [0.4, 0.5) is 0 Å². The Hall–Kier alpha value is -0.0800. The van der Waals surface area contributed by atoms with Crippen LogP contribution in [0.3, 0.4) is 0 Å². The maximum Gasteiger partial charge on any atom is 0.0127 e. The SMILES string of the molecule is CN1CCN([C@H]2C[C@@H]3CC[C@@H]2C3)CC1. The summed E-state index contributed by atoms with van der Waals surface area (Å²) in [5.41, 5.74) is 0. The van der Waals surface area contributed by atoms with Gasteiger partial charge in [0.15, 0.2) is 0 Å². The topological polar surface area (TPSA) is 6.48 Å². The fraction of sp³-hybridized carbons (Fsp3) is 1.00. The highest BCUT2D eigenvalue weighted by Gasteiger charge is 2.42. The Morgan fingerprint density at radius 3 is 2.29 bits per heavy atom. The van der Waals surface area contributed by atoms with Gasteiger partial charge in [-0.05, 0) is 38.1 Å². The predicted molar refractivity (Wildman–Crippen MR) is 58.3 cm³/mol. The third-order valence-electron chi connectivity index (χ3n) is 4.71. The molecular formula is C12H22N2. The zero-order valence-electron chi connectivity index (χ0n) is 9.28. The molecular weight excluding hydrogens is 172 g/mol. The van der Waals surface area contributed by atoms with Crippen molar-refractivity contribution in [1.29, 1.82) is 0 Å². The Balaban J connectivity index is 1.61. The Morgan fingerprint density at radius 2 is 1.71 bits per heavy atom. The number of piperazine rings is 1. The van der Waals surface area contributed by atoms with Crippen molar-refractivity contribution in [2.24, 2.45) is 11.8 Å². The van der Waals surface area contributed by atoms with Crippen molar-refractivity contribution in [1.82, 2.24) is 9.80 Å². The summed E-state index contributed by atoms with van der Waals surface area (Å²) in [7, 11) is 2.25. The van der Waals surface area contributed by atoms with Gasteiger partial charge in [0.1, 0.15) is 0 Å². The molecule has 3 fully saturated rings. The average molecular weight is 194 g/mol. The van der Waals surface area contributed by atoms with Crippen LogP contribution in [0.5, 0.6) is 0 Å². The molecule has 3 aliphatic rings. The summed E-state index contributed by atoms with van der Waals surface area (Å²) in [6.07, 6.45) is 6.14. The highest BCUT2D eigenvalue weighted by molar-refractivity contribution is 4.96. The van der Waals surface area contributed by atoms with Gasteiger partial charge in [0.2, 0.25) is 0 Å². The molecule has 2 saturated carbocycles. The second kappa shape index (κ2) is 3.49. The monoisotopic (exact) mass is 194 g/mol. The number of hydrogen-bond acceptors (Lipinski definition) is 2. The van der Waals surface area contributed by atoms with Gasteiger partial charge in [0.05, 0.1) is 0 Å². The number of fused-ring (bicyclic) bond motifs is 2. The van der Waals surface area contributed by atoms with E-state index < -0.39 is 0 Å². The molecule has 0 aromatic carbocycles. The van der Waals surface area contributed by atoms with Gasteiger partial charge in [0.25, 0.3) is 0 Å². The summed E-state index contributed by atoms with van der Waals surface area (Å²) >= 11 is 0. The first-order chi connectivity index (χ1) is 6.83. The molecule has 0 spiro atoms. The molecule has 1 saturated heterocycles. The van der Waals surface area contributed by atoms with E-state index in [4.69, 9.17) is 0 Å². The molecule has 1 heterocycles. The lowest BCUT2D eigenvalue weighted by molar-refractivity contribution is 0.0826. The summed E-state index contributed by atoms with van der Waals surface area (Å²) < 4.78 is 0. The van der Waals surface area contributed by atoms with Gasteiger partial charge in [-0.25, -0.2) is 0 Å². The van der Waals surface area contributed by atoms with Crippen molar-refractivity contribution in [3.8, 4) is 0 Å². The van der Waals surface area contributed by atoms with E-state index in [0.29, 0.717) is 0 Å². The first-order valence-electron chi connectivity index (χ1n) is 6.25. The van der Waals surface area contributed by atoms with Crippen LogP contribution in [0.15, 0.2) is 0 Å². The zero-order chi connectivity index (χ0) is 9.54. The lowest BCUT2D eigenvalue weighted by Gasteiger charge is -2.39. The quantitative estimate of drug-likeness (QED) is 0.623. The Labute approximate surface area is 87.3 Å². The molecule has 0 unspecified atom stereocenters. The van der Waals surface area contributed by atoms with Gasteiger partial charge in [0, 0.05) is 32.2 Å². The van der Waals surface area contributed by atoms with E-state index in [1.54, 1.807) is 6.42 Å². The minimum absolute atomic E-state index is 0.974. The van der Waals surface area contributed by atoms with Gasteiger partial charge >= 0.3 is 0 Å². The second-order valence-corrected chi connectivity index (χ2v) is 5.58. The van der Waals surface area contributed by atoms with E-state index in [2.05, 4.69) is 16.8 Å². The number of hydrogen-bond donors (Lipinski definition) is 0. The Kier molecular flexibility index (Phi) is 2.29. The molecule has 0 radical (unpaired) electrons. The molecule has 2 aliphatic carbocycles. The van der Waals surface area contributed by atoms with Gasteiger partial charge < -0.3 is 4.90 Å². The molecule has 1 aliphatic heterocycles. The fourth-order valence-corrected chi connectivity index (χ4v) is 3.81. The van der Waals surface area contributed by atoms with Crippen LogP contribution in [0.1, 0.15) is 25.7 Å². The predicted octanol–water partition coefficient (Wildman–Crippen LogP) is 1.42. The third kappa shape index (κ3) is 1.49. The Bertz CT molecular complexity index is 208. The van der Waals surface area contributed by atoms with Crippen LogP contribution in [-0.2, 0) is 0 Å². The number of rotatable bonds is 1. The van der Waals surface area contributed by atoms with Crippen LogP contribution < -0.4 is 0 Å². The highest BCUT2D eigenvalue weighted by Crippen LogP contribution is 2.46.